The van der Waals surface area contributed by atoms with Crippen molar-refractivity contribution in [2.45, 2.75) is 25.3 Å². The molecule has 2 atom stereocenters. The number of primary amides is 1. The Morgan fingerprint density at radius 2 is 2.05 bits per heavy atom. The minimum Gasteiger partial charge on any atom is -0.368 e. The van der Waals surface area contributed by atoms with E-state index in [0.29, 0.717) is 0 Å². The third-order valence-corrected chi connectivity index (χ3v) is 3.12. The van der Waals surface area contributed by atoms with Crippen LogP contribution in [0, 0.1) is 11.6 Å². The van der Waals surface area contributed by atoms with Gasteiger partial charge in [0.15, 0.2) is 11.6 Å². The van der Waals surface area contributed by atoms with E-state index in [4.69, 9.17) is 17.3 Å². The molecule has 2 aromatic rings. The number of aromatic nitrogens is 2. The normalized spacial score (nSPS) is 14.6. The van der Waals surface area contributed by atoms with Gasteiger partial charge in [0.25, 0.3) is 0 Å². The van der Waals surface area contributed by atoms with E-state index in [-0.39, 0.29) is 16.9 Å². The Balaban J connectivity index is 2.86. The van der Waals surface area contributed by atoms with Gasteiger partial charge >= 0.3 is 0 Å². The van der Waals surface area contributed by atoms with E-state index in [0.717, 1.165) is 6.07 Å². The van der Waals surface area contributed by atoms with E-state index in [9.17, 15) is 13.6 Å². The second-order valence-corrected chi connectivity index (χ2v) is 4.92. The zero-order chi connectivity index (χ0) is 14.3. The molecule has 0 bridgehead atoms. The number of carbonyl (C=O) groups excluding carboxylic acids is 1. The summed E-state index contributed by atoms with van der Waals surface area (Å²) in [4.78, 5) is 15.5. The van der Waals surface area contributed by atoms with Crippen LogP contribution in [0.15, 0.2) is 12.1 Å². The van der Waals surface area contributed by atoms with Gasteiger partial charge in [-0.3, -0.25) is 4.79 Å². The molecule has 2 rings (SSSR count). The fourth-order valence-corrected chi connectivity index (χ4v) is 2.09. The summed E-state index contributed by atoms with van der Waals surface area (Å²) in [6.07, 6.45) is 0. The predicted molar refractivity (Wildman–Crippen MR) is 67.8 cm³/mol. The fraction of sp³-hybridized carbons (Fsp3) is 0.333. The molecule has 1 heterocycles. The Morgan fingerprint density at radius 3 is 2.58 bits per heavy atom. The first-order valence-corrected chi connectivity index (χ1v) is 6.07. The van der Waals surface area contributed by atoms with Crippen molar-refractivity contribution in [2.75, 3.05) is 0 Å². The van der Waals surface area contributed by atoms with Crippen LogP contribution in [-0.2, 0) is 4.79 Å². The summed E-state index contributed by atoms with van der Waals surface area (Å²) in [6, 6.07) is 1.44. The molecule has 1 aromatic heterocycles. The minimum atomic E-state index is -1.07. The Hall–Kier alpha value is -1.69. The summed E-state index contributed by atoms with van der Waals surface area (Å²) in [5.41, 5.74) is 5.36. The Morgan fingerprint density at radius 1 is 1.42 bits per heavy atom. The summed E-state index contributed by atoms with van der Waals surface area (Å²) < 4.78 is 28.5. The van der Waals surface area contributed by atoms with Crippen LogP contribution in [0.3, 0.4) is 0 Å². The first kappa shape index (κ1) is 13.7. The second kappa shape index (κ2) is 4.77. The molecule has 0 spiro atoms. The number of nitrogens with two attached hydrogens (primary N) is 1. The lowest BCUT2D eigenvalue weighted by molar-refractivity contribution is -0.120. The highest BCUT2D eigenvalue weighted by Crippen LogP contribution is 2.30. The van der Waals surface area contributed by atoms with Crippen molar-refractivity contribution in [3.05, 3.63) is 29.6 Å². The number of rotatable bonds is 3. The number of benzene rings is 1. The number of carbonyl (C=O) groups is 1. The molecule has 19 heavy (non-hydrogen) atoms. The molecule has 0 fully saturated rings. The van der Waals surface area contributed by atoms with E-state index >= 15 is 0 Å². The summed E-state index contributed by atoms with van der Waals surface area (Å²) in [5, 5.41) is -0.573. The van der Waals surface area contributed by atoms with Gasteiger partial charge in [0.1, 0.15) is 17.4 Å². The van der Waals surface area contributed by atoms with Crippen LogP contribution < -0.4 is 5.73 Å². The average Bonchev–Trinajstić information content (AvgIpc) is 2.73. The topological polar surface area (TPSA) is 60.9 Å². The molecule has 0 radical (unpaired) electrons. The number of hydrogen-bond acceptors (Lipinski definition) is 2. The van der Waals surface area contributed by atoms with Gasteiger partial charge in [0, 0.05) is 0 Å². The molecular weight excluding hydrogens is 276 g/mol. The lowest BCUT2D eigenvalue weighted by Crippen LogP contribution is -2.25. The largest absolute Gasteiger partial charge is 0.368 e. The van der Waals surface area contributed by atoms with Crippen LogP contribution in [0.5, 0.6) is 0 Å². The predicted octanol–water partition coefficient (Wildman–Crippen LogP) is 2.66. The van der Waals surface area contributed by atoms with Gasteiger partial charge in [-0.05, 0) is 26.0 Å². The first-order chi connectivity index (χ1) is 8.84. The lowest BCUT2D eigenvalue weighted by atomic mass is 10.2. The van der Waals surface area contributed by atoms with Gasteiger partial charge < -0.3 is 10.3 Å². The second-order valence-electron chi connectivity index (χ2n) is 4.26. The molecule has 0 aliphatic carbocycles. The van der Waals surface area contributed by atoms with Crippen molar-refractivity contribution >= 4 is 28.5 Å². The number of alkyl halides is 1. The van der Waals surface area contributed by atoms with Gasteiger partial charge in [-0.1, -0.05) is 0 Å². The maximum absolute atomic E-state index is 13.9. The van der Waals surface area contributed by atoms with Crippen molar-refractivity contribution in [3.8, 4) is 0 Å². The van der Waals surface area contributed by atoms with E-state index in [1.165, 1.54) is 17.6 Å². The highest BCUT2D eigenvalue weighted by atomic mass is 35.5. The number of hydrogen-bond donors (Lipinski definition) is 1. The monoisotopic (exact) mass is 287 g/mol. The summed E-state index contributed by atoms with van der Waals surface area (Å²) in [5.74, 6) is -2.49. The summed E-state index contributed by atoms with van der Waals surface area (Å²) in [7, 11) is 0. The number of nitrogens with zero attached hydrogens (tertiary/aromatic N) is 2. The molecule has 102 valence electrons. The van der Waals surface area contributed by atoms with Crippen molar-refractivity contribution in [1.82, 2.24) is 9.55 Å². The highest BCUT2D eigenvalue weighted by Gasteiger charge is 2.25. The van der Waals surface area contributed by atoms with Crippen LogP contribution >= 0.6 is 11.6 Å². The van der Waals surface area contributed by atoms with Crippen LogP contribution in [-0.4, -0.2) is 15.5 Å². The SMILES string of the molecule is CC(Cl)c1nc2ccc(F)c(F)c2n1C(C)C(N)=O. The Kier molecular flexibility index (Phi) is 3.45. The lowest BCUT2D eigenvalue weighted by Gasteiger charge is -2.15. The minimum absolute atomic E-state index is 0.103. The zero-order valence-electron chi connectivity index (χ0n) is 10.3. The molecule has 0 saturated carbocycles. The van der Waals surface area contributed by atoms with Crippen LogP contribution in [0.1, 0.15) is 31.1 Å². The van der Waals surface area contributed by atoms with Gasteiger partial charge in [0.2, 0.25) is 5.91 Å². The molecule has 0 aliphatic rings. The molecule has 0 aliphatic heterocycles. The molecule has 2 unspecified atom stereocenters. The van der Waals surface area contributed by atoms with Crippen LogP contribution in [0.2, 0.25) is 0 Å². The third kappa shape index (κ3) is 2.16. The quantitative estimate of drug-likeness (QED) is 0.882. The zero-order valence-corrected chi connectivity index (χ0v) is 11.1. The van der Waals surface area contributed by atoms with Crippen LogP contribution in [0.25, 0.3) is 11.0 Å². The fourth-order valence-electron chi connectivity index (χ4n) is 1.94. The Bertz CT molecular complexity index is 654. The molecule has 1 aromatic carbocycles. The maximum Gasteiger partial charge on any atom is 0.240 e. The van der Waals surface area contributed by atoms with E-state index in [1.54, 1.807) is 6.92 Å². The third-order valence-electron chi connectivity index (χ3n) is 2.93. The standard InChI is InChI=1S/C12H12ClF2N3O/c1-5(13)12-17-8-4-3-7(14)9(15)10(8)18(12)6(2)11(16)19/h3-6H,1-2H3,(H2,16,19). The average molecular weight is 288 g/mol. The molecule has 2 N–H and O–H groups in total. The number of fused-ring (bicyclic) bond motifs is 1. The smallest absolute Gasteiger partial charge is 0.240 e. The van der Waals surface area contributed by atoms with Crippen molar-refractivity contribution < 1.29 is 13.6 Å². The van der Waals surface area contributed by atoms with Crippen molar-refractivity contribution in [1.29, 1.82) is 0 Å². The first-order valence-electron chi connectivity index (χ1n) is 5.63. The van der Waals surface area contributed by atoms with Gasteiger partial charge in [0.05, 0.1) is 10.9 Å². The van der Waals surface area contributed by atoms with E-state index in [2.05, 4.69) is 4.98 Å². The maximum atomic E-state index is 13.9. The van der Waals surface area contributed by atoms with Crippen LogP contribution in [0.4, 0.5) is 8.78 Å². The van der Waals surface area contributed by atoms with E-state index < -0.39 is 29.0 Å². The Labute approximate surface area is 113 Å². The molecule has 4 nitrogen and oxygen atoms in total. The number of amides is 1. The highest BCUT2D eigenvalue weighted by molar-refractivity contribution is 6.20. The summed E-state index contributed by atoms with van der Waals surface area (Å²) >= 11 is 5.97. The van der Waals surface area contributed by atoms with E-state index in [1.807, 2.05) is 0 Å². The molecule has 1 amide bonds. The van der Waals surface area contributed by atoms with Gasteiger partial charge in [-0.2, -0.15) is 0 Å². The molecular formula is C12H12ClF2N3O. The summed E-state index contributed by atoms with van der Waals surface area (Å²) in [6.45, 7) is 3.11. The van der Waals surface area contributed by atoms with Gasteiger partial charge in [-0.25, -0.2) is 13.8 Å². The van der Waals surface area contributed by atoms with Gasteiger partial charge in [-0.15, -0.1) is 11.6 Å². The van der Waals surface area contributed by atoms with Crippen molar-refractivity contribution in [3.63, 3.8) is 0 Å². The number of halogens is 3. The number of imidazole rings is 1. The van der Waals surface area contributed by atoms with Crippen molar-refractivity contribution in [2.24, 2.45) is 5.73 Å². The molecule has 7 heteroatoms. The molecule has 0 saturated heterocycles.